The van der Waals surface area contributed by atoms with Crippen LogP contribution < -0.4 is 5.32 Å². The molecule has 2 aromatic rings. The van der Waals surface area contributed by atoms with Gasteiger partial charge in [0.2, 0.25) is 5.91 Å². The molecule has 0 bridgehead atoms. The minimum absolute atomic E-state index is 0.0102. The van der Waals surface area contributed by atoms with Gasteiger partial charge in [0.05, 0.1) is 11.6 Å². The average molecular weight is 385 g/mol. The van der Waals surface area contributed by atoms with Gasteiger partial charge in [-0.25, -0.2) is 0 Å². The SMILES string of the molecule is COCC(=O)N[C@@H]1CC[C@@]2(OC)CCN(C(=O)c3cc4ccccc4[nH]3)[C@H]2C1. The van der Waals surface area contributed by atoms with Crippen LogP contribution in [0.3, 0.4) is 0 Å². The molecule has 4 rings (SSSR count). The van der Waals surface area contributed by atoms with Crippen LogP contribution in [-0.2, 0) is 14.3 Å². The number of fused-ring (bicyclic) bond motifs is 2. The van der Waals surface area contributed by atoms with Crippen LogP contribution in [0.2, 0.25) is 0 Å². The number of aromatic amines is 1. The van der Waals surface area contributed by atoms with Crippen LogP contribution in [0.1, 0.15) is 36.2 Å². The Balaban J connectivity index is 1.55. The molecular weight excluding hydrogens is 358 g/mol. The van der Waals surface area contributed by atoms with Crippen LogP contribution in [-0.4, -0.2) is 66.8 Å². The van der Waals surface area contributed by atoms with Crippen LogP contribution in [0.25, 0.3) is 10.9 Å². The van der Waals surface area contributed by atoms with Gasteiger partial charge in [0, 0.05) is 37.7 Å². The van der Waals surface area contributed by atoms with Gasteiger partial charge in [-0.2, -0.15) is 0 Å². The van der Waals surface area contributed by atoms with Gasteiger partial charge in [-0.3, -0.25) is 9.59 Å². The second-order valence-electron chi connectivity index (χ2n) is 7.78. The van der Waals surface area contributed by atoms with Crippen molar-refractivity contribution in [3.63, 3.8) is 0 Å². The number of nitrogens with one attached hydrogen (secondary N) is 2. The second kappa shape index (κ2) is 7.56. The maximum absolute atomic E-state index is 13.3. The van der Waals surface area contributed by atoms with E-state index in [4.69, 9.17) is 9.47 Å². The lowest BCUT2D eigenvalue weighted by molar-refractivity contribution is -0.126. The van der Waals surface area contributed by atoms with Crippen LogP contribution in [0.5, 0.6) is 0 Å². The van der Waals surface area contributed by atoms with E-state index in [1.807, 2.05) is 35.2 Å². The molecule has 2 amide bonds. The van der Waals surface area contributed by atoms with Gasteiger partial charge >= 0.3 is 0 Å². The third kappa shape index (κ3) is 3.29. The highest BCUT2D eigenvalue weighted by atomic mass is 16.5. The lowest BCUT2D eigenvalue weighted by Crippen LogP contribution is -2.56. The van der Waals surface area contributed by atoms with E-state index in [-0.39, 0.29) is 36.1 Å². The summed E-state index contributed by atoms with van der Waals surface area (Å²) in [6, 6.07) is 9.75. The predicted octanol–water partition coefficient (Wildman–Crippen LogP) is 2.08. The molecular formula is C21H27N3O4. The van der Waals surface area contributed by atoms with E-state index in [1.54, 1.807) is 7.11 Å². The number of para-hydroxylation sites is 1. The van der Waals surface area contributed by atoms with Crippen LogP contribution in [0, 0.1) is 0 Å². The normalized spacial score (nSPS) is 27.0. The van der Waals surface area contributed by atoms with E-state index >= 15 is 0 Å². The molecule has 2 heterocycles. The molecule has 2 aliphatic rings. The number of hydrogen-bond donors (Lipinski definition) is 2. The van der Waals surface area contributed by atoms with Crippen molar-refractivity contribution in [1.82, 2.24) is 15.2 Å². The van der Waals surface area contributed by atoms with Gasteiger partial charge in [0.1, 0.15) is 12.3 Å². The molecule has 1 aromatic carbocycles. The quantitative estimate of drug-likeness (QED) is 0.826. The molecule has 7 heteroatoms. The third-order valence-corrected chi connectivity index (χ3v) is 6.25. The largest absolute Gasteiger partial charge is 0.376 e. The van der Waals surface area contributed by atoms with Crippen molar-refractivity contribution in [2.24, 2.45) is 0 Å². The summed E-state index contributed by atoms with van der Waals surface area (Å²) in [6.07, 6.45) is 3.17. The number of likely N-dealkylation sites (tertiary alicyclic amines) is 1. The number of benzene rings is 1. The van der Waals surface area contributed by atoms with Crippen molar-refractivity contribution in [3.05, 3.63) is 36.0 Å². The Bertz CT molecular complexity index is 846. The first kappa shape index (κ1) is 19.0. The Morgan fingerprint density at radius 2 is 2.11 bits per heavy atom. The first-order valence-electron chi connectivity index (χ1n) is 9.78. The number of ether oxygens (including phenoxy) is 2. The van der Waals surface area contributed by atoms with Gasteiger partial charge in [0.15, 0.2) is 0 Å². The number of methoxy groups -OCH3 is 2. The van der Waals surface area contributed by atoms with Gasteiger partial charge in [-0.1, -0.05) is 18.2 Å². The zero-order valence-corrected chi connectivity index (χ0v) is 16.4. The van der Waals surface area contributed by atoms with Crippen molar-refractivity contribution >= 4 is 22.7 Å². The zero-order chi connectivity index (χ0) is 19.7. The molecule has 0 unspecified atom stereocenters. The average Bonchev–Trinajstić information content (AvgIpc) is 3.29. The number of nitrogens with zero attached hydrogens (tertiary/aromatic N) is 1. The van der Waals surface area contributed by atoms with Crippen molar-refractivity contribution < 1.29 is 19.1 Å². The number of carbonyl (C=O) groups excluding carboxylic acids is 2. The Kier molecular flexibility index (Phi) is 5.12. The Hall–Kier alpha value is -2.38. The fraction of sp³-hybridized carbons (Fsp3) is 0.524. The smallest absolute Gasteiger partial charge is 0.270 e. The molecule has 1 saturated heterocycles. The minimum Gasteiger partial charge on any atom is -0.376 e. The maximum Gasteiger partial charge on any atom is 0.270 e. The first-order valence-corrected chi connectivity index (χ1v) is 9.78. The number of aromatic nitrogens is 1. The molecule has 0 spiro atoms. The molecule has 1 aromatic heterocycles. The second-order valence-corrected chi connectivity index (χ2v) is 7.78. The summed E-state index contributed by atoms with van der Waals surface area (Å²) in [5.41, 5.74) is 1.22. The lowest BCUT2D eigenvalue weighted by Gasteiger charge is -2.43. The molecule has 3 atom stereocenters. The Morgan fingerprint density at radius 1 is 1.29 bits per heavy atom. The molecule has 1 aliphatic heterocycles. The van der Waals surface area contributed by atoms with E-state index < -0.39 is 0 Å². The number of rotatable bonds is 5. The van der Waals surface area contributed by atoms with Gasteiger partial charge in [0.25, 0.3) is 5.91 Å². The maximum atomic E-state index is 13.3. The highest BCUT2D eigenvalue weighted by Gasteiger charge is 2.52. The fourth-order valence-electron chi connectivity index (χ4n) is 4.81. The van der Waals surface area contributed by atoms with E-state index in [2.05, 4.69) is 10.3 Å². The van der Waals surface area contributed by atoms with Gasteiger partial charge < -0.3 is 24.7 Å². The molecule has 0 radical (unpaired) electrons. The molecule has 150 valence electrons. The number of hydrogen-bond acceptors (Lipinski definition) is 4. The summed E-state index contributed by atoms with van der Waals surface area (Å²) >= 11 is 0. The van der Waals surface area contributed by atoms with E-state index in [0.717, 1.165) is 30.2 Å². The molecule has 28 heavy (non-hydrogen) atoms. The molecule has 1 aliphatic carbocycles. The van der Waals surface area contributed by atoms with Crippen molar-refractivity contribution in [3.8, 4) is 0 Å². The zero-order valence-electron chi connectivity index (χ0n) is 16.4. The van der Waals surface area contributed by atoms with E-state index in [9.17, 15) is 9.59 Å². The fourth-order valence-corrected chi connectivity index (χ4v) is 4.81. The topological polar surface area (TPSA) is 83.7 Å². The highest BCUT2D eigenvalue weighted by Crippen LogP contribution is 2.43. The van der Waals surface area contributed by atoms with Crippen molar-refractivity contribution in [1.29, 1.82) is 0 Å². The molecule has 2 fully saturated rings. The first-order chi connectivity index (χ1) is 13.6. The minimum atomic E-state index is -0.329. The van der Waals surface area contributed by atoms with Crippen LogP contribution in [0.4, 0.5) is 0 Å². The van der Waals surface area contributed by atoms with Crippen LogP contribution in [0.15, 0.2) is 30.3 Å². The van der Waals surface area contributed by atoms with Crippen molar-refractivity contribution in [2.75, 3.05) is 27.4 Å². The summed E-state index contributed by atoms with van der Waals surface area (Å²) in [5.74, 6) is -0.132. The van der Waals surface area contributed by atoms with Crippen LogP contribution >= 0.6 is 0 Å². The number of H-pyrrole nitrogens is 1. The molecule has 7 nitrogen and oxygen atoms in total. The number of amides is 2. The van der Waals surface area contributed by atoms with Gasteiger partial charge in [-0.05, 0) is 37.8 Å². The molecule has 1 saturated carbocycles. The standard InChI is InChI=1S/C21H27N3O4/c1-27-13-19(25)22-15-7-8-21(28-2)9-10-24(18(21)12-15)20(26)17-11-14-5-3-4-6-16(14)23-17/h3-6,11,15,18,23H,7-10,12-13H2,1-2H3,(H,22,25)/t15-,18+,21-/m1/s1. The summed E-state index contributed by atoms with van der Waals surface area (Å²) < 4.78 is 10.9. The summed E-state index contributed by atoms with van der Waals surface area (Å²) in [6.45, 7) is 0.708. The molecule has 2 N–H and O–H groups in total. The Labute approximate surface area is 164 Å². The summed E-state index contributed by atoms with van der Waals surface area (Å²) in [7, 11) is 3.24. The highest BCUT2D eigenvalue weighted by molar-refractivity contribution is 5.98. The predicted molar refractivity (Wildman–Crippen MR) is 105 cm³/mol. The number of carbonyl (C=O) groups is 2. The Morgan fingerprint density at radius 3 is 2.86 bits per heavy atom. The van der Waals surface area contributed by atoms with Crippen molar-refractivity contribution in [2.45, 2.75) is 43.4 Å². The van der Waals surface area contributed by atoms with Gasteiger partial charge in [-0.15, -0.1) is 0 Å². The summed E-state index contributed by atoms with van der Waals surface area (Å²) in [4.78, 5) is 30.4. The lowest BCUT2D eigenvalue weighted by atomic mass is 9.78. The third-order valence-electron chi connectivity index (χ3n) is 6.25. The van der Waals surface area contributed by atoms with E-state index in [0.29, 0.717) is 18.7 Å². The monoisotopic (exact) mass is 385 g/mol. The summed E-state index contributed by atoms with van der Waals surface area (Å²) in [5, 5.41) is 4.05. The van der Waals surface area contributed by atoms with E-state index in [1.165, 1.54) is 7.11 Å².